The molecule has 1 heterocycles. The maximum absolute atomic E-state index is 12.9. The molecule has 1 aromatic heterocycles. The Morgan fingerprint density at radius 3 is 2.21 bits per heavy atom. The maximum atomic E-state index is 12.9. The fourth-order valence-electron chi connectivity index (χ4n) is 1.67. The van der Waals surface area contributed by atoms with Crippen molar-refractivity contribution in [2.24, 2.45) is 0 Å². The van der Waals surface area contributed by atoms with Crippen LogP contribution in [0.4, 0.5) is 4.39 Å². The number of fused-ring (bicyclic) bond motifs is 1. The van der Waals surface area contributed by atoms with E-state index in [4.69, 9.17) is 5.11 Å². The van der Waals surface area contributed by atoms with Crippen LogP contribution in [0.25, 0.3) is 10.8 Å². The summed E-state index contributed by atoms with van der Waals surface area (Å²) in [5.41, 5.74) is 0.965. The lowest BCUT2D eigenvalue weighted by Crippen LogP contribution is -1.82. The van der Waals surface area contributed by atoms with Gasteiger partial charge in [-0.05, 0) is 23.1 Å². The third kappa shape index (κ3) is 3.60. The van der Waals surface area contributed by atoms with E-state index in [9.17, 15) is 4.39 Å². The molecule has 0 unspecified atom stereocenters. The van der Waals surface area contributed by atoms with E-state index < -0.39 is 5.95 Å². The van der Waals surface area contributed by atoms with Gasteiger partial charge in [0.15, 0.2) is 0 Å². The first-order valence-electron chi connectivity index (χ1n) is 5.95. The van der Waals surface area contributed by atoms with Gasteiger partial charge in [-0.15, -0.1) is 0 Å². The van der Waals surface area contributed by atoms with Crippen molar-refractivity contribution in [1.82, 2.24) is 4.98 Å². The molecule has 0 bridgehead atoms. The summed E-state index contributed by atoms with van der Waals surface area (Å²) in [6.45, 7) is 0.140. The Labute approximate surface area is 111 Å². The first kappa shape index (κ1) is 13.2. The number of hydrogen-bond donors (Lipinski definition) is 1. The highest BCUT2D eigenvalue weighted by molar-refractivity contribution is 5.81. The van der Waals surface area contributed by atoms with Crippen LogP contribution in [0.15, 0.2) is 66.9 Å². The largest absolute Gasteiger partial charge is 0.392 e. The molecule has 0 radical (unpaired) electrons. The topological polar surface area (TPSA) is 33.1 Å². The van der Waals surface area contributed by atoms with Crippen LogP contribution in [0.1, 0.15) is 5.56 Å². The molecule has 0 saturated heterocycles. The number of hydrogen-bond acceptors (Lipinski definition) is 2. The van der Waals surface area contributed by atoms with Crippen LogP contribution in [0.2, 0.25) is 0 Å². The molecule has 0 amide bonds. The van der Waals surface area contributed by atoms with Crippen molar-refractivity contribution in [3.05, 3.63) is 78.4 Å². The Bertz CT molecular complexity index is 635. The number of benzene rings is 2. The minimum Gasteiger partial charge on any atom is -0.392 e. The number of aliphatic hydroxyl groups excluding tert-OH is 1. The minimum atomic E-state index is -0.400. The van der Waals surface area contributed by atoms with E-state index in [1.807, 2.05) is 42.5 Å². The Hall–Kier alpha value is -2.26. The first-order valence-corrected chi connectivity index (χ1v) is 5.95. The fraction of sp³-hybridized carbons (Fsp3) is 0.0625. The van der Waals surface area contributed by atoms with E-state index >= 15 is 0 Å². The summed E-state index contributed by atoms with van der Waals surface area (Å²) in [6, 6.07) is 18.6. The van der Waals surface area contributed by atoms with Gasteiger partial charge in [0.1, 0.15) is 0 Å². The van der Waals surface area contributed by atoms with Crippen LogP contribution >= 0.6 is 0 Å². The summed E-state index contributed by atoms with van der Waals surface area (Å²) >= 11 is 0. The average molecular weight is 255 g/mol. The number of aromatic nitrogens is 1. The smallest absolute Gasteiger partial charge is 0.220 e. The van der Waals surface area contributed by atoms with E-state index in [0.29, 0.717) is 5.39 Å². The molecule has 3 aromatic rings. The number of halogens is 1. The molecule has 19 heavy (non-hydrogen) atoms. The minimum absolute atomic E-state index is 0.140. The lowest BCUT2D eigenvalue weighted by Gasteiger charge is -1.95. The van der Waals surface area contributed by atoms with Crippen molar-refractivity contribution < 1.29 is 9.50 Å². The van der Waals surface area contributed by atoms with Crippen LogP contribution in [0, 0.1) is 5.95 Å². The predicted octanol–water partition coefficient (Wildman–Crippen LogP) is 3.55. The van der Waals surface area contributed by atoms with Gasteiger partial charge in [0.2, 0.25) is 5.95 Å². The van der Waals surface area contributed by atoms with Gasteiger partial charge in [0.05, 0.1) is 6.61 Å². The summed E-state index contributed by atoms with van der Waals surface area (Å²) in [7, 11) is 0. The summed E-state index contributed by atoms with van der Waals surface area (Å²) in [4.78, 5) is 3.54. The molecule has 0 aliphatic rings. The molecule has 0 fully saturated rings. The van der Waals surface area contributed by atoms with E-state index in [-0.39, 0.29) is 6.61 Å². The second-order valence-electron chi connectivity index (χ2n) is 3.97. The summed E-state index contributed by atoms with van der Waals surface area (Å²) < 4.78 is 12.9. The van der Waals surface area contributed by atoms with E-state index in [2.05, 4.69) is 4.98 Å². The van der Waals surface area contributed by atoms with Crippen molar-refractivity contribution in [2.75, 3.05) is 0 Å². The average Bonchev–Trinajstić information content (AvgIpc) is 2.49. The van der Waals surface area contributed by atoms with Crippen LogP contribution in [-0.2, 0) is 6.61 Å². The lowest BCUT2D eigenvalue weighted by molar-refractivity contribution is 0.282. The van der Waals surface area contributed by atoms with Gasteiger partial charge >= 0.3 is 0 Å². The van der Waals surface area contributed by atoms with Crippen LogP contribution < -0.4 is 0 Å². The molecule has 0 atom stereocenters. The molecule has 0 saturated carbocycles. The zero-order valence-corrected chi connectivity index (χ0v) is 10.3. The van der Waals surface area contributed by atoms with Crippen LogP contribution in [0.5, 0.6) is 0 Å². The predicted molar refractivity (Wildman–Crippen MR) is 74.1 cm³/mol. The SMILES string of the molecule is Fc1nccc2ccccc12.OCc1ccccc1. The molecule has 1 N–H and O–H groups in total. The van der Waals surface area contributed by atoms with Gasteiger partial charge < -0.3 is 5.11 Å². The van der Waals surface area contributed by atoms with Gasteiger partial charge in [0.25, 0.3) is 0 Å². The molecular weight excluding hydrogens is 241 g/mol. The molecule has 3 rings (SSSR count). The Kier molecular flexibility index (Phi) is 4.59. The molecular formula is C16H14FNO. The van der Waals surface area contributed by atoms with Gasteiger partial charge in [-0.25, -0.2) is 4.98 Å². The fourth-order valence-corrected chi connectivity index (χ4v) is 1.67. The molecule has 0 aliphatic carbocycles. The van der Waals surface area contributed by atoms with Crippen LogP contribution in [-0.4, -0.2) is 10.1 Å². The van der Waals surface area contributed by atoms with Crippen LogP contribution in [0.3, 0.4) is 0 Å². The second-order valence-corrected chi connectivity index (χ2v) is 3.97. The van der Waals surface area contributed by atoms with E-state index in [1.165, 1.54) is 6.20 Å². The third-order valence-electron chi connectivity index (χ3n) is 2.65. The normalized spacial score (nSPS) is 9.79. The number of rotatable bonds is 1. The maximum Gasteiger partial charge on any atom is 0.220 e. The van der Waals surface area contributed by atoms with Gasteiger partial charge in [-0.2, -0.15) is 4.39 Å². The molecule has 0 aliphatic heterocycles. The number of pyridine rings is 1. The highest BCUT2D eigenvalue weighted by Crippen LogP contribution is 2.13. The number of nitrogens with zero attached hydrogens (tertiary/aromatic N) is 1. The molecule has 3 heteroatoms. The van der Waals surface area contributed by atoms with Crippen molar-refractivity contribution in [3.8, 4) is 0 Å². The number of aliphatic hydroxyl groups is 1. The molecule has 96 valence electrons. The van der Waals surface area contributed by atoms with Crippen molar-refractivity contribution >= 4 is 10.8 Å². The third-order valence-corrected chi connectivity index (χ3v) is 2.65. The zero-order chi connectivity index (χ0) is 13.5. The highest BCUT2D eigenvalue weighted by atomic mass is 19.1. The first-order chi connectivity index (χ1) is 9.31. The lowest BCUT2D eigenvalue weighted by atomic mass is 10.2. The van der Waals surface area contributed by atoms with Crippen molar-refractivity contribution in [2.45, 2.75) is 6.61 Å². The van der Waals surface area contributed by atoms with Gasteiger partial charge in [-0.3, -0.25) is 0 Å². The Balaban J connectivity index is 0.000000148. The second kappa shape index (κ2) is 6.61. The van der Waals surface area contributed by atoms with Gasteiger partial charge in [-0.1, -0.05) is 48.5 Å². The molecule has 2 aromatic carbocycles. The van der Waals surface area contributed by atoms with Crippen molar-refractivity contribution in [1.29, 1.82) is 0 Å². The Morgan fingerprint density at radius 1 is 0.895 bits per heavy atom. The van der Waals surface area contributed by atoms with E-state index in [0.717, 1.165) is 10.9 Å². The molecule has 0 spiro atoms. The monoisotopic (exact) mass is 255 g/mol. The summed E-state index contributed by atoms with van der Waals surface area (Å²) in [5, 5.41) is 10.0. The summed E-state index contributed by atoms with van der Waals surface area (Å²) in [5.74, 6) is -0.400. The highest BCUT2D eigenvalue weighted by Gasteiger charge is 1.97. The standard InChI is InChI=1S/C9H6FN.C7H8O/c10-9-8-4-2-1-3-7(8)5-6-11-9;8-6-7-4-2-1-3-5-7/h1-6H;1-5,8H,6H2. The van der Waals surface area contributed by atoms with Crippen molar-refractivity contribution in [3.63, 3.8) is 0 Å². The van der Waals surface area contributed by atoms with Gasteiger partial charge in [0, 0.05) is 11.6 Å². The van der Waals surface area contributed by atoms with E-state index in [1.54, 1.807) is 18.2 Å². The quantitative estimate of drug-likeness (QED) is 0.674. The Morgan fingerprint density at radius 2 is 1.58 bits per heavy atom. The molecule has 2 nitrogen and oxygen atoms in total. The zero-order valence-electron chi connectivity index (χ0n) is 10.3. The summed E-state index contributed by atoms with van der Waals surface area (Å²) in [6.07, 6.45) is 1.47.